The van der Waals surface area contributed by atoms with Gasteiger partial charge >= 0.3 is 5.97 Å². The number of ether oxygens (including phenoxy) is 1. The zero-order chi connectivity index (χ0) is 22.7. The Labute approximate surface area is 183 Å². The van der Waals surface area contributed by atoms with E-state index in [1.807, 2.05) is 0 Å². The molecule has 10 nitrogen and oxygen atoms in total. The number of carbonyl (C=O) groups is 3. The van der Waals surface area contributed by atoms with Gasteiger partial charge in [0.2, 0.25) is 5.91 Å². The number of carboxylic acid groups (broad SMARTS) is 1. The van der Waals surface area contributed by atoms with Crippen molar-refractivity contribution in [2.75, 3.05) is 31.6 Å². The molecule has 1 aliphatic rings. The molecule has 10 heteroatoms. The first kappa shape index (κ1) is 21.3. The fourth-order valence-corrected chi connectivity index (χ4v) is 3.59. The third-order valence-corrected chi connectivity index (χ3v) is 5.25. The Morgan fingerprint density at radius 3 is 2.88 bits per heavy atom. The summed E-state index contributed by atoms with van der Waals surface area (Å²) in [6.45, 7) is 1.33. The molecular weight excluding hydrogens is 414 g/mol. The van der Waals surface area contributed by atoms with Gasteiger partial charge in [-0.3, -0.25) is 14.5 Å². The lowest BCUT2D eigenvalue weighted by Crippen LogP contribution is -2.55. The van der Waals surface area contributed by atoms with Gasteiger partial charge in [-0.2, -0.15) is 0 Å². The van der Waals surface area contributed by atoms with Crippen LogP contribution in [0.25, 0.3) is 5.65 Å². The van der Waals surface area contributed by atoms with E-state index in [-0.39, 0.29) is 24.0 Å². The van der Waals surface area contributed by atoms with Crippen LogP contribution >= 0.6 is 0 Å². The van der Waals surface area contributed by atoms with Crippen molar-refractivity contribution in [3.8, 4) is 5.75 Å². The first-order chi connectivity index (χ1) is 15.5. The molecule has 1 fully saturated rings. The Morgan fingerprint density at radius 1 is 1.25 bits per heavy atom. The standard InChI is InChI=1S/C22H23N5O5/c1-23-20(28)15-5-6-18-25-19(13-26(18)12-15)27-9-8-24-17(21(27)29)7-10-32-16-4-2-3-14(11-16)22(30)31/h2-6,11-13,17,24H,7-10H2,1H3,(H,23,28)(H,30,31). The molecular formula is C22H23N5O5. The number of piperazine rings is 1. The number of pyridine rings is 1. The Balaban J connectivity index is 1.42. The van der Waals surface area contributed by atoms with E-state index >= 15 is 0 Å². The summed E-state index contributed by atoms with van der Waals surface area (Å²) in [6.07, 6.45) is 3.82. The van der Waals surface area contributed by atoms with Gasteiger partial charge in [0.15, 0.2) is 5.82 Å². The number of benzene rings is 1. The van der Waals surface area contributed by atoms with Gasteiger partial charge in [0.25, 0.3) is 5.91 Å². The van der Waals surface area contributed by atoms with E-state index in [9.17, 15) is 14.4 Å². The van der Waals surface area contributed by atoms with E-state index in [0.717, 1.165) is 0 Å². The van der Waals surface area contributed by atoms with Crippen molar-refractivity contribution in [2.24, 2.45) is 0 Å². The van der Waals surface area contributed by atoms with Crippen LogP contribution in [0.15, 0.2) is 48.8 Å². The summed E-state index contributed by atoms with van der Waals surface area (Å²) in [5.74, 6) is -0.378. The number of aromatic carboxylic acids is 1. The van der Waals surface area contributed by atoms with E-state index in [1.54, 1.807) is 53.0 Å². The average molecular weight is 437 g/mol. The molecule has 1 aromatic carbocycles. The van der Waals surface area contributed by atoms with Gasteiger partial charge in [0, 0.05) is 32.8 Å². The summed E-state index contributed by atoms with van der Waals surface area (Å²) in [6, 6.07) is 9.21. The smallest absolute Gasteiger partial charge is 0.335 e. The van der Waals surface area contributed by atoms with Crippen LogP contribution in [0.2, 0.25) is 0 Å². The lowest BCUT2D eigenvalue weighted by atomic mass is 10.1. The molecule has 1 unspecified atom stereocenters. The Bertz CT molecular complexity index is 1170. The molecule has 0 bridgehead atoms. The largest absolute Gasteiger partial charge is 0.493 e. The van der Waals surface area contributed by atoms with Crippen molar-refractivity contribution >= 4 is 29.2 Å². The summed E-state index contributed by atoms with van der Waals surface area (Å²) < 4.78 is 7.38. The van der Waals surface area contributed by atoms with Gasteiger partial charge in [-0.05, 0) is 30.3 Å². The van der Waals surface area contributed by atoms with E-state index in [4.69, 9.17) is 9.84 Å². The van der Waals surface area contributed by atoms with Crippen molar-refractivity contribution in [3.63, 3.8) is 0 Å². The Kier molecular flexibility index (Phi) is 6.04. The van der Waals surface area contributed by atoms with Crippen molar-refractivity contribution in [1.29, 1.82) is 0 Å². The number of nitrogens with one attached hydrogen (secondary N) is 2. The number of amides is 2. The molecule has 3 heterocycles. The summed E-state index contributed by atoms with van der Waals surface area (Å²) >= 11 is 0. The summed E-state index contributed by atoms with van der Waals surface area (Å²) in [5.41, 5.74) is 1.28. The summed E-state index contributed by atoms with van der Waals surface area (Å²) in [7, 11) is 1.57. The predicted molar refractivity (Wildman–Crippen MR) is 116 cm³/mol. The zero-order valence-electron chi connectivity index (χ0n) is 17.4. The fraction of sp³-hybridized carbons (Fsp3) is 0.273. The minimum Gasteiger partial charge on any atom is -0.493 e. The van der Waals surface area contributed by atoms with Gasteiger partial charge < -0.3 is 24.9 Å². The Morgan fingerprint density at radius 2 is 2.09 bits per heavy atom. The molecule has 0 spiro atoms. The van der Waals surface area contributed by atoms with E-state index < -0.39 is 12.0 Å². The third kappa shape index (κ3) is 4.40. The number of carbonyl (C=O) groups excluding carboxylic acids is 2. The van der Waals surface area contributed by atoms with Crippen molar-refractivity contribution in [3.05, 3.63) is 59.9 Å². The maximum atomic E-state index is 13.0. The second-order valence-corrected chi connectivity index (χ2v) is 7.33. The highest BCUT2D eigenvalue weighted by atomic mass is 16.5. The van der Waals surface area contributed by atoms with Crippen LogP contribution in [0.5, 0.6) is 5.75 Å². The molecule has 0 radical (unpaired) electrons. The second kappa shape index (κ2) is 9.06. The van der Waals surface area contributed by atoms with Crippen LogP contribution in [0.4, 0.5) is 5.82 Å². The van der Waals surface area contributed by atoms with Crippen molar-refractivity contribution < 1.29 is 24.2 Å². The molecule has 0 saturated carbocycles. The molecule has 2 aromatic heterocycles. The number of nitrogens with zero attached hydrogens (tertiary/aromatic N) is 3. The second-order valence-electron chi connectivity index (χ2n) is 7.33. The highest BCUT2D eigenvalue weighted by molar-refractivity contribution is 5.97. The number of aromatic nitrogens is 2. The number of imidazole rings is 1. The quantitative estimate of drug-likeness (QED) is 0.507. The number of carboxylic acids is 1. The van der Waals surface area contributed by atoms with Gasteiger partial charge in [0.05, 0.1) is 30.0 Å². The minimum atomic E-state index is -1.02. The molecule has 4 rings (SSSR count). The highest BCUT2D eigenvalue weighted by Gasteiger charge is 2.30. The lowest BCUT2D eigenvalue weighted by Gasteiger charge is -2.31. The fourth-order valence-electron chi connectivity index (χ4n) is 3.59. The highest BCUT2D eigenvalue weighted by Crippen LogP contribution is 2.20. The summed E-state index contributed by atoms with van der Waals surface area (Å²) in [4.78, 5) is 42.1. The molecule has 3 aromatic rings. The molecule has 1 aliphatic heterocycles. The average Bonchev–Trinajstić information content (AvgIpc) is 3.23. The van der Waals surface area contributed by atoms with E-state index in [1.165, 1.54) is 12.1 Å². The van der Waals surface area contributed by atoms with Crippen molar-refractivity contribution in [1.82, 2.24) is 20.0 Å². The number of rotatable bonds is 7. The summed E-state index contributed by atoms with van der Waals surface area (Å²) in [5, 5.41) is 14.9. The number of fused-ring (bicyclic) bond motifs is 1. The van der Waals surface area contributed by atoms with Gasteiger partial charge in [-0.1, -0.05) is 6.07 Å². The van der Waals surface area contributed by atoms with Crippen molar-refractivity contribution in [2.45, 2.75) is 12.5 Å². The third-order valence-electron chi connectivity index (χ3n) is 5.25. The molecule has 166 valence electrons. The predicted octanol–water partition coefficient (Wildman–Crippen LogP) is 1.17. The minimum absolute atomic E-state index is 0.117. The number of hydrogen-bond acceptors (Lipinski definition) is 6. The van der Waals surface area contributed by atoms with Crippen LogP contribution in [-0.4, -0.2) is 65.1 Å². The van der Waals surface area contributed by atoms with Crippen LogP contribution < -0.4 is 20.3 Å². The van der Waals surface area contributed by atoms with Crippen LogP contribution in [-0.2, 0) is 4.79 Å². The molecule has 3 N–H and O–H groups in total. The van der Waals surface area contributed by atoms with Crippen LogP contribution in [0.1, 0.15) is 27.1 Å². The van der Waals surface area contributed by atoms with Gasteiger partial charge in [-0.25, -0.2) is 9.78 Å². The maximum absolute atomic E-state index is 13.0. The van der Waals surface area contributed by atoms with Gasteiger partial charge in [0.1, 0.15) is 11.4 Å². The maximum Gasteiger partial charge on any atom is 0.335 e. The first-order valence-electron chi connectivity index (χ1n) is 10.2. The molecule has 0 aliphatic carbocycles. The topological polar surface area (TPSA) is 125 Å². The zero-order valence-corrected chi connectivity index (χ0v) is 17.4. The normalized spacial score (nSPS) is 16.2. The van der Waals surface area contributed by atoms with E-state index in [2.05, 4.69) is 15.6 Å². The lowest BCUT2D eigenvalue weighted by molar-refractivity contribution is -0.121. The molecule has 2 amide bonds. The number of anilines is 1. The van der Waals surface area contributed by atoms with Crippen LogP contribution in [0.3, 0.4) is 0 Å². The SMILES string of the molecule is CNC(=O)c1ccc2nc(N3CCNC(CCOc4cccc(C(=O)O)c4)C3=O)cn2c1. The molecule has 32 heavy (non-hydrogen) atoms. The van der Waals surface area contributed by atoms with Crippen LogP contribution in [0, 0.1) is 0 Å². The number of hydrogen-bond donors (Lipinski definition) is 3. The molecule has 1 saturated heterocycles. The van der Waals surface area contributed by atoms with E-state index in [0.29, 0.717) is 42.3 Å². The monoisotopic (exact) mass is 437 g/mol. The van der Waals surface area contributed by atoms with Gasteiger partial charge in [-0.15, -0.1) is 0 Å². The first-order valence-corrected chi connectivity index (χ1v) is 10.2. The Hall–Kier alpha value is -3.92. The molecule has 1 atom stereocenters.